The van der Waals surface area contributed by atoms with E-state index in [2.05, 4.69) is 136 Å². The van der Waals surface area contributed by atoms with Gasteiger partial charge in [-0.05, 0) is 120 Å². The van der Waals surface area contributed by atoms with Crippen molar-refractivity contribution in [2.45, 2.75) is 326 Å². The number of allylic oxidation sites excluding steroid dienone is 4. The summed E-state index contributed by atoms with van der Waals surface area (Å²) in [6.45, 7) is 30.9. The molecule has 0 fully saturated rings. The first-order valence-electron chi connectivity index (χ1n) is 30.8. The summed E-state index contributed by atoms with van der Waals surface area (Å²) in [6.07, 6.45) is 64.0. The van der Waals surface area contributed by atoms with Gasteiger partial charge in [0.15, 0.2) is 0 Å². The molecule has 0 spiro atoms. The van der Waals surface area contributed by atoms with Gasteiger partial charge in [0.25, 0.3) is 0 Å². The van der Waals surface area contributed by atoms with E-state index in [9.17, 15) is 0 Å². The molecule has 1 aromatic carbocycles. The molecule has 2 nitrogen and oxygen atoms in total. The minimum atomic E-state index is 0.578. The lowest BCUT2D eigenvalue weighted by molar-refractivity contribution is 0.154. The summed E-state index contributed by atoms with van der Waals surface area (Å²) < 4.78 is 0. The van der Waals surface area contributed by atoms with Gasteiger partial charge < -0.3 is 10.6 Å². The Bertz CT molecular complexity index is 1210. The minimum Gasteiger partial charge on any atom is -0.398 e. The molecule has 406 valence electrons. The van der Waals surface area contributed by atoms with E-state index >= 15 is 0 Å². The highest BCUT2D eigenvalue weighted by atomic mass is 15.1. The van der Waals surface area contributed by atoms with E-state index in [1.165, 1.54) is 280 Å². The van der Waals surface area contributed by atoms with E-state index < -0.39 is 0 Å². The molecule has 0 aliphatic carbocycles. The van der Waals surface area contributed by atoms with E-state index in [1.54, 1.807) is 0 Å². The number of hydrogen-bond donors (Lipinski definition) is 1. The Balaban J connectivity index is -0.00000232. The van der Waals surface area contributed by atoms with E-state index in [1.807, 2.05) is 0 Å². The normalized spacial score (nSPS) is 12.1. The quantitative estimate of drug-likeness (QED) is 0.0401. The van der Waals surface area contributed by atoms with Crippen LogP contribution >= 0.6 is 0 Å². The molecule has 2 N–H and O–H groups in total. The van der Waals surface area contributed by atoms with E-state index in [0.29, 0.717) is 5.92 Å². The average Bonchev–Trinajstić information content (AvgIpc) is 3.34. The highest BCUT2D eigenvalue weighted by Crippen LogP contribution is 2.22. The van der Waals surface area contributed by atoms with E-state index in [-0.39, 0.29) is 0 Å². The predicted molar refractivity (Wildman–Crippen MR) is 320 cm³/mol. The van der Waals surface area contributed by atoms with Crippen LogP contribution in [0.5, 0.6) is 0 Å². The average molecular weight is 962 g/mol. The fraction of sp³-hybridized carbons (Fsp3) is 0.806. The number of unbranched alkanes of at least 4 members (excludes halogenated alkanes) is 29. The van der Waals surface area contributed by atoms with E-state index in [0.717, 1.165) is 12.0 Å². The molecule has 2 heteroatoms. The summed E-state index contributed by atoms with van der Waals surface area (Å²) >= 11 is 0. The van der Waals surface area contributed by atoms with Crippen molar-refractivity contribution in [2.75, 3.05) is 13.1 Å². The Labute approximate surface area is 437 Å². The van der Waals surface area contributed by atoms with Gasteiger partial charge in [-0.25, -0.2) is 0 Å². The molecule has 0 heterocycles. The van der Waals surface area contributed by atoms with Crippen LogP contribution in [0.2, 0.25) is 0 Å². The molecular weight excluding hydrogens is 833 g/mol. The first-order valence-corrected chi connectivity index (χ1v) is 30.8. The zero-order valence-corrected chi connectivity index (χ0v) is 49.4. The molecule has 1 aromatic rings. The van der Waals surface area contributed by atoms with Crippen LogP contribution in [0.15, 0.2) is 61.0 Å². The first kappa shape index (κ1) is 71.2. The fourth-order valence-corrected chi connectivity index (χ4v) is 9.16. The Hall–Kier alpha value is -2.02. The number of aryl methyl sites for hydroxylation is 3. The van der Waals surface area contributed by atoms with Gasteiger partial charge in [0.1, 0.15) is 0 Å². The second-order valence-corrected chi connectivity index (χ2v) is 21.5. The molecular formula is C67H128N2. The number of nitrogens with zero attached hydrogens (tertiary/aromatic N) is 1. The Kier molecular flexibility index (Phi) is 62.2. The number of hydrogen-bond acceptors (Lipinski definition) is 2. The molecule has 0 amide bonds. The molecule has 0 aromatic heterocycles. The topological polar surface area (TPSA) is 29.3 Å². The van der Waals surface area contributed by atoms with Crippen LogP contribution in [0.1, 0.15) is 317 Å². The molecule has 0 aliphatic rings. The van der Waals surface area contributed by atoms with Gasteiger partial charge in [-0.2, -0.15) is 0 Å². The first-order chi connectivity index (χ1) is 33.6. The van der Waals surface area contributed by atoms with Gasteiger partial charge in [-0.3, -0.25) is 0 Å². The summed E-state index contributed by atoms with van der Waals surface area (Å²) in [7, 11) is 0. The molecule has 2 atom stereocenters. The van der Waals surface area contributed by atoms with Crippen molar-refractivity contribution in [3.05, 3.63) is 77.7 Å². The number of rotatable bonds is 44. The van der Waals surface area contributed by atoms with E-state index in [4.69, 9.17) is 5.73 Å². The molecule has 0 saturated carbocycles. The third-order valence-corrected chi connectivity index (χ3v) is 13.6. The van der Waals surface area contributed by atoms with Crippen LogP contribution in [-0.4, -0.2) is 24.0 Å². The molecule has 0 bridgehead atoms. The number of nitrogens with two attached hydrogens (primary N) is 1. The van der Waals surface area contributed by atoms with Crippen molar-refractivity contribution in [1.82, 2.24) is 4.90 Å². The minimum absolute atomic E-state index is 0.578. The van der Waals surface area contributed by atoms with Gasteiger partial charge in [-0.1, -0.05) is 291 Å². The van der Waals surface area contributed by atoms with Gasteiger partial charge in [0, 0.05) is 12.2 Å². The predicted octanol–water partition coefficient (Wildman–Crippen LogP) is 22.7. The summed E-state index contributed by atoms with van der Waals surface area (Å²) in [5.41, 5.74) is 11.5. The van der Waals surface area contributed by atoms with Gasteiger partial charge >= 0.3 is 0 Å². The molecule has 0 aliphatic heterocycles. The molecule has 0 radical (unpaired) electrons. The Morgan fingerprint density at radius 1 is 0.507 bits per heavy atom. The highest BCUT2D eigenvalue weighted by Gasteiger charge is 2.19. The standard InChI is InChI=1S/C52H95N.C9H20.C3H5N.C3H8/c1-8-10-12-14-16-18-19-20-21-22-26-30-35-43-53(44-36-34-39-51-42-41-49(6)50(7)46-51)52(45-47(3)4)40-33-29-25-24-28-32-38-48(5)37-31-27-23-17-15-13-11-9-2;1-3-5-7-9-8-6-4-2;1-2-3-4;1-3-2/h31-32,37-38,41-42,46-48,52H,8-30,33-36,39-40,43-45H2,1-7H3;3-9H2,1-2H3;3H,1,4H2;3H2,1-2H3/b37-31-,38-32-;;;. The molecule has 0 saturated heterocycles. The van der Waals surface area contributed by atoms with Crippen molar-refractivity contribution in [1.29, 1.82) is 0 Å². The van der Waals surface area contributed by atoms with Crippen molar-refractivity contribution in [2.24, 2.45) is 17.6 Å². The maximum atomic E-state index is 4.73. The van der Waals surface area contributed by atoms with Crippen LogP contribution < -0.4 is 5.73 Å². The zero-order chi connectivity index (χ0) is 51.7. The largest absolute Gasteiger partial charge is 0.398 e. The fourth-order valence-electron chi connectivity index (χ4n) is 9.16. The SMILES string of the molecule is C=C=CN.CCC.CCCCCCCC/C=C\C(C)/C=C\CCCCCCC(CC(C)C)N(CCCCCCCCCCCCCCC)CCCCc1ccc(C)c(C)c1.CCCCCCCCC. The Morgan fingerprint density at radius 2 is 0.870 bits per heavy atom. The van der Waals surface area contributed by atoms with Crippen molar-refractivity contribution in [3.63, 3.8) is 0 Å². The lowest BCUT2D eigenvalue weighted by atomic mass is 9.95. The second-order valence-electron chi connectivity index (χ2n) is 21.5. The molecule has 1 rings (SSSR count). The molecule has 69 heavy (non-hydrogen) atoms. The smallest absolute Gasteiger partial charge is 0.0365 e. The number of benzene rings is 1. The summed E-state index contributed by atoms with van der Waals surface area (Å²) in [4.78, 5) is 2.96. The summed E-state index contributed by atoms with van der Waals surface area (Å²) in [5, 5.41) is 0. The van der Waals surface area contributed by atoms with Crippen LogP contribution in [0, 0.1) is 25.7 Å². The maximum absolute atomic E-state index is 4.73. The van der Waals surface area contributed by atoms with Gasteiger partial charge in [0.2, 0.25) is 0 Å². The second kappa shape index (κ2) is 60.3. The van der Waals surface area contributed by atoms with Crippen molar-refractivity contribution < 1.29 is 0 Å². The summed E-state index contributed by atoms with van der Waals surface area (Å²) in [6, 6.07) is 7.86. The van der Waals surface area contributed by atoms with Crippen molar-refractivity contribution in [3.8, 4) is 0 Å². The van der Waals surface area contributed by atoms with Crippen LogP contribution in [0.4, 0.5) is 0 Å². The van der Waals surface area contributed by atoms with Gasteiger partial charge in [-0.15, -0.1) is 5.73 Å². The highest BCUT2D eigenvalue weighted by molar-refractivity contribution is 5.29. The van der Waals surface area contributed by atoms with Gasteiger partial charge in [0.05, 0.1) is 0 Å². The van der Waals surface area contributed by atoms with Crippen LogP contribution in [0.25, 0.3) is 0 Å². The lowest BCUT2D eigenvalue weighted by Crippen LogP contribution is -2.38. The Morgan fingerprint density at radius 3 is 1.25 bits per heavy atom. The van der Waals surface area contributed by atoms with Crippen LogP contribution in [-0.2, 0) is 6.42 Å². The zero-order valence-electron chi connectivity index (χ0n) is 49.4. The van der Waals surface area contributed by atoms with Crippen molar-refractivity contribution >= 4 is 0 Å². The third kappa shape index (κ3) is 56.8. The monoisotopic (exact) mass is 961 g/mol. The molecule has 2 unspecified atom stereocenters. The third-order valence-electron chi connectivity index (χ3n) is 13.6. The lowest BCUT2D eigenvalue weighted by Gasteiger charge is -2.33. The summed E-state index contributed by atoms with van der Waals surface area (Å²) in [5.74, 6) is 1.35. The van der Waals surface area contributed by atoms with Crippen LogP contribution in [0.3, 0.4) is 0 Å². The maximum Gasteiger partial charge on any atom is 0.0365 e.